The van der Waals surface area contributed by atoms with E-state index in [2.05, 4.69) is 102 Å². The predicted molar refractivity (Wildman–Crippen MR) is 242 cm³/mol. The van der Waals surface area contributed by atoms with Gasteiger partial charge in [-0.2, -0.15) is 9.97 Å². The first-order valence-corrected chi connectivity index (χ1v) is 19.9. The average molecular weight is 795 g/mol. The van der Waals surface area contributed by atoms with Crippen molar-refractivity contribution in [1.29, 1.82) is 0 Å². The summed E-state index contributed by atoms with van der Waals surface area (Å²) in [7, 11) is 0. The number of hydrogen-bond donors (Lipinski definition) is 0. The summed E-state index contributed by atoms with van der Waals surface area (Å²) in [5.41, 5.74) is 7.57. The fraction of sp³-hybridized carbons (Fsp3) is 0.0392. The Bertz CT molecular complexity index is 2920. The molecule has 6 aromatic carbocycles. The number of rotatable bonds is 11. The predicted octanol–water partition coefficient (Wildman–Crippen LogP) is 12.9. The lowest BCUT2D eigenvalue weighted by Crippen LogP contribution is -2.11. The second-order valence-electron chi connectivity index (χ2n) is 14.3. The van der Waals surface area contributed by atoms with Crippen LogP contribution < -0.4 is 19.3 Å². The van der Waals surface area contributed by atoms with Crippen molar-refractivity contribution in [1.82, 2.24) is 29.5 Å². The van der Waals surface area contributed by atoms with Gasteiger partial charge in [-0.15, -0.1) is 0 Å². The van der Waals surface area contributed by atoms with Gasteiger partial charge in [0.25, 0.3) is 0 Å². The van der Waals surface area contributed by atoms with Crippen molar-refractivity contribution in [2.75, 3.05) is 9.80 Å². The lowest BCUT2D eigenvalue weighted by Gasteiger charge is -2.26. The van der Waals surface area contributed by atoms with Crippen LogP contribution in [0.5, 0.6) is 23.3 Å². The third-order valence-corrected chi connectivity index (χ3v) is 10.2. The van der Waals surface area contributed by atoms with Crippen molar-refractivity contribution in [3.05, 3.63) is 206 Å². The van der Waals surface area contributed by atoms with Crippen LogP contribution in [0.1, 0.15) is 11.6 Å². The molecule has 0 bridgehead atoms. The van der Waals surface area contributed by atoms with Gasteiger partial charge in [0.05, 0.1) is 11.0 Å². The number of aromatic nitrogens is 6. The van der Waals surface area contributed by atoms with Gasteiger partial charge in [0.15, 0.2) is 0 Å². The summed E-state index contributed by atoms with van der Waals surface area (Å²) in [6.45, 7) is 3.80. The maximum Gasteiger partial charge on any atom is 0.238 e. The molecule has 0 aliphatic carbocycles. The van der Waals surface area contributed by atoms with Crippen LogP contribution in [0.2, 0.25) is 0 Å². The molecule has 4 heterocycles. The minimum Gasteiger partial charge on any atom is -0.439 e. The SMILES string of the molecule is Cc1nc(C)nc(-n2c3cc(N(c4ccccc4)c4cccc(Oc5ccccn5)c4)ccc3c3ccc(N(c4ccccc4)c4cccc(Oc5ccccn5)c4)cc32)n1. The molecule has 0 saturated heterocycles. The average Bonchev–Trinajstić information content (AvgIpc) is 3.61. The molecule has 0 N–H and O–H groups in total. The van der Waals surface area contributed by atoms with E-state index in [0.29, 0.717) is 40.9 Å². The zero-order valence-electron chi connectivity index (χ0n) is 33.4. The molecule has 0 aliphatic heterocycles. The molecule has 0 saturated carbocycles. The quantitative estimate of drug-likeness (QED) is 0.127. The monoisotopic (exact) mass is 794 g/mol. The summed E-state index contributed by atoms with van der Waals surface area (Å²) in [6.07, 6.45) is 3.44. The van der Waals surface area contributed by atoms with Crippen molar-refractivity contribution in [3.63, 3.8) is 0 Å². The molecule has 294 valence electrons. The number of hydrogen-bond acceptors (Lipinski definition) is 9. The molecule has 0 radical (unpaired) electrons. The first-order valence-electron chi connectivity index (χ1n) is 19.9. The number of benzene rings is 6. The summed E-state index contributed by atoms with van der Waals surface area (Å²) in [6, 6.07) is 61.1. The van der Waals surface area contributed by atoms with Gasteiger partial charge in [-0.1, -0.05) is 72.8 Å². The minimum absolute atomic E-state index is 0.524. The Kier molecular flexibility index (Phi) is 9.76. The standard InChI is InChI=1S/C51H38N8O2/c1-35-54-36(2)56-51(55-35)59-47-33-41(57(37-15-5-3-6-16-37)39-19-13-21-43(31-39)60-49-23-9-11-29-52-49)25-27-45(47)46-28-26-42(34-48(46)59)58(38-17-7-4-8-18-38)40-20-14-22-44(32-40)61-50-24-10-12-30-53-50/h3-34H,1-2H3. The molecule has 0 fully saturated rings. The number of aryl methyl sites for hydroxylation is 2. The molecule has 10 rings (SSSR count). The summed E-state index contributed by atoms with van der Waals surface area (Å²) in [5, 5.41) is 2.11. The summed E-state index contributed by atoms with van der Waals surface area (Å²) >= 11 is 0. The fourth-order valence-corrected chi connectivity index (χ4v) is 7.66. The number of nitrogens with zero attached hydrogens (tertiary/aromatic N) is 8. The van der Waals surface area contributed by atoms with E-state index in [1.165, 1.54) is 0 Å². The minimum atomic E-state index is 0.524. The Morgan fingerprint density at radius 1 is 0.393 bits per heavy atom. The second-order valence-corrected chi connectivity index (χ2v) is 14.3. The third kappa shape index (κ3) is 7.57. The summed E-state index contributed by atoms with van der Waals surface area (Å²) in [5.74, 6) is 4.20. The Morgan fingerprint density at radius 2 is 0.820 bits per heavy atom. The Hall–Kier alpha value is -8.37. The second kappa shape index (κ2) is 16.1. The van der Waals surface area contributed by atoms with E-state index in [1.807, 2.05) is 123 Å². The van der Waals surface area contributed by atoms with Gasteiger partial charge in [0.2, 0.25) is 17.7 Å². The highest BCUT2D eigenvalue weighted by Crippen LogP contribution is 2.43. The van der Waals surface area contributed by atoms with Crippen LogP contribution in [-0.4, -0.2) is 29.5 Å². The van der Waals surface area contributed by atoms with E-state index < -0.39 is 0 Å². The number of para-hydroxylation sites is 2. The molecule has 61 heavy (non-hydrogen) atoms. The molecular weight excluding hydrogens is 757 g/mol. The zero-order valence-corrected chi connectivity index (χ0v) is 33.4. The molecule has 0 atom stereocenters. The first kappa shape index (κ1) is 36.9. The molecule has 0 aliphatic rings. The first-order chi connectivity index (χ1) is 30.0. The van der Waals surface area contributed by atoms with Crippen LogP contribution in [0.25, 0.3) is 27.8 Å². The highest BCUT2D eigenvalue weighted by Gasteiger charge is 2.22. The van der Waals surface area contributed by atoms with Crippen LogP contribution in [0.4, 0.5) is 34.1 Å². The van der Waals surface area contributed by atoms with Crippen LogP contribution in [0.15, 0.2) is 194 Å². The third-order valence-electron chi connectivity index (χ3n) is 10.2. The van der Waals surface area contributed by atoms with Gasteiger partial charge in [0, 0.05) is 81.6 Å². The van der Waals surface area contributed by atoms with Gasteiger partial charge in [-0.25, -0.2) is 15.0 Å². The van der Waals surface area contributed by atoms with Crippen molar-refractivity contribution in [3.8, 4) is 29.2 Å². The van der Waals surface area contributed by atoms with Gasteiger partial charge in [-0.3, -0.25) is 4.57 Å². The van der Waals surface area contributed by atoms with Crippen LogP contribution in [0, 0.1) is 13.8 Å². The van der Waals surface area contributed by atoms with Crippen molar-refractivity contribution in [2.45, 2.75) is 13.8 Å². The van der Waals surface area contributed by atoms with Crippen LogP contribution in [-0.2, 0) is 0 Å². The molecule has 10 heteroatoms. The number of ether oxygens (including phenoxy) is 2. The Labute approximate surface area is 352 Å². The Morgan fingerprint density at radius 3 is 1.26 bits per heavy atom. The zero-order chi connectivity index (χ0) is 41.1. The molecule has 0 amide bonds. The van der Waals surface area contributed by atoms with E-state index in [0.717, 1.165) is 55.9 Å². The van der Waals surface area contributed by atoms with Gasteiger partial charge in [-0.05, 0) is 98.8 Å². The van der Waals surface area contributed by atoms with Crippen molar-refractivity contribution in [2.24, 2.45) is 0 Å². The molecule has 0 spiro atoms. The van der Waals surface area contributed by atoms with E-state index in [9.17, 15) is 0 Å². The molecule has 10 aromatic rings. The Balaban J connectivity index is 1.15. The largest absolute Gasteiger partial charge is 0.439 e. The van der Waals surface area contributed by atoms with Gasteiger partial charge in [0.1, 0.15) is 23.1 Å². The molecule has 4 aromatic heterocycles. The maximum absolute atomic E-state index is 6.20. The van der Waals surface area contributed by atoms with Gasteiger partial charge >= 0.3 is 0 Å². The van der Waals surface area contributed by atoms with Crippen molar-refractivity contribution < 1.29 is 9.47 Å². The highest BCUT2D eigenvalue weighted by molar-refractivity contribution is 6.11. The maximum atomic E-state index is 6.20. The topological polar surface area (TPSA) is 94.3 Å². The number of pyridine rings is 2. The fourth-order valence-electron chi connectivity index (χ4n) is 7.66. The van der Waals surface area contributed by atoms with E-state index in [-0.39, 0.29) is 0 Å². The number of fused-ring (bicyclic) bond motifs is 3. The molecule has 0 unspecified atom stereocenters. The highest BCUT2D eigenvalue weighted by atomic mass is 16.5. The summed E-state index contributed by atoms with van der Waals surface area (Å²) < 4.78 is 14.5. The molecule has 10 nitrogen and oxygen atoms in total. The van der Waals surface area contributed by atoms with Crippen LogP contribution in [0.3, 0.4) is 0 Å². The van der Waals surface area contributed by atoms with Crippen molar-refractivity contribution >= 4 is 55.9 Å². The van der Waals surface area contributed by atoms with E-state index >= 15 is 0 Å². The number of anilines is 6. The summed E-state index contributed by atoms with van der Waals surface area (Å²) in [4.78, 5) is 27.6. The lowest BCUT2D eigenvalue weighted by atomic mass is 10.1. The smallest absolute Gasteiger partial charge is 0.238 e. The van der Waals surface area contributed by atoms with Crippen LogP contribution >= 0.6 is 0 Å². The molecular formula is C51H38N8O2. The normalized spacial score (nSPS) is 11.1. The lowest BCUT2D eigenvalue weighted by molar-refractivity contribution is 0.463. The van der Waals surface area contributed by atoms with E-state index in [4.69, 9.17) is 19.4 Å². The van der Waals surface area contributed by atoms with E-state index in [1.54, 1.807) is 12.4 Å². The van der Waals surface area contributed by atoms with Gasteiger partial charge < -0.3 is 19.3 Å².